The lowest BCUT2D eigenvalue weighted by atomic mass is 9.81. The van der Waals surface area contributed by atoms with E-state index >= 15 is 0 Å². The van der Waals surface area contributed by atoms with Crippen LogP contribution in [0.5, 0.6) is 0 Å². The smallest absolute Gasteiger partial charge is 0.0674 e. The molecule has 1 saturated heterocycles. The van der Waals surface area contributed by atoms with Crippen molar-refractivity contribution in [1.82, 2.24) is 4.90 Å². The predicted octanol–water partition coefficient (Wildman–Crippen LogP) is 1.86. The van der Waals surface area contributed by atoms with Gasteiger partial charge in [-0.2, -0.15) is 0 Å². The second-order valence-electron chi connectivity index (χ2n) is 6.20. The van der Waals surface area contributed by atoms with Crippen LogP contribution >= 0.6 is 0 Å². The zero-order valence-electron chi connectivity index (χ0n) is 11.5. The molecule has 96 valence electrons. The fourth-order valence-electron chi connectivity index (χ4n) is 2.95. The Hall–Kier alpha value is -0.120. The van der Waals surface area contributed by atoms with Gasteiger partial charge in [0.15, 0.2) is 0 Å². The monoisotopic (exact) mass is 228 g/mol. The highest BCUT2D eigenvalue weighted by Crippen LogP contribution is 2.27. The molecule has 0 aliphatic carbocycles. The minimum Gasteiger partial charge on any atom is -0.377 e. The summed E-state index contributed by atoms with van der Waals surface area (Å²) in [5, 5.41) is 0. The van der Waals surface area contributed by atoms with Crippen molar-refractivity contribution >= 4 is 0 Å². The topological polar surface area (TPSA) is 38.5 Å². The predicted molar refractivity (Wildman–Crippen MR) is 68.5 cm³/mol. The minimum absolute atomic E-state index is 0.199. The second-order valence-corrected chi connectivity index (χ2v) is 6.20. The lowest BCUT2D eigenvalue weighted by Crippen LogP contribution is -2.55. The van der Waals surface area contributed by atoms with Crippen molar-refractivity contribution in [2.24, 2.45) is 11.1 Å². The average molecular weight is 228 g/mol. The number of hydrogen-bond acceptors (Lipinski definition) is 3. The Morgan fingerprint density at radius 2 is 2.00 bits per heavy atom. The highest BCUT2D eigenvalue weighted by atomic mass is 16.5. The van der Waals surface area contributed by atoms with Crippen LogP contribution in [0.25, 0.3) is 0 Å². The van der Waals surface area contributed by atoms with Crippen LogP contribution in [-0.2, 0) is 4.74 Å². The summed E-state index contributed by atoms with van der Waals surface area (Å²) in [4.78, 5) is 2.52. The van der Waals surface area contributed by atoms with Gasteiger partial charge in [-0.15, -0.1) is 0 Å². The molecule has 0 amide bonds. The zero-order chi connectivity index (χ0) is 12.3. The summed E-state index contributed by atoms with van der Waals surface area (Å²) >= 11 is 0. The Labute approximate surface area is 100 Å². The minimum atomic E-state index is 0.199. The molecule has 3 nitrogen and oxygen atoms in total. The highest BCUT2D eigenvalue weighted by molar-refractivity contribution is 4.90. The molecule has 1 rings (SSSR count). The van der Waals surface area contributed by atoms with E-state index in [1.54, 1.807) is 0 Å². The normalized spacial score (nSPS) is 28.5. The Balaban J connectivity index is 2.76. The quantitative estimate of drug-likeness (QED) is 0.784. The van der Waals surface area contributed by atoms with E-state index in [1.165, 1.54) is 0 Å². The summed E-state index contributed by atoms with van der Waals surface area (Å²) in [5.41, 5.74) is 6.39. The molecule has 0 bridgehead atoms. The molecule has 1 aliphatic rings. The van der Waals surface area contributed by atoms with Crippen LogP contribution in [0.1, 0.15) is 41.0 Å². The van der Waals surface area contributed by atoms with E-state index in [9.17, 15) is 0 Å². The van der Waals surface area contributed by atoms with Crippen molar-refractivity contribution in [3.63, 3.8) is 0 Å². The van der Waals surface area contributed by atoms with Crippen LogP contribution in [0.2, 0.25) is 0 Å². The van der Waals surface area contributed by atoms with E-state index in [-0.39, 0.29) is 11.5 Å². The molecule has 0 aromatic carbocycles. The van der Waals surface area contributed by atoms with Gasteiger partial charge < -0.3 is 10.5 Å². The largest absolute Gasteiger partial charge is 0.377 e. The number of nitrogens with zero attached hydrogens (tertiary/aromatic N) is 1. The van der Waals surface area contributed by atoms with Gasteiger partial charge in [0.25, 0.3) is 0 Å². The fourth-order valence-corrected chi connectivity index (χ4v) is 2.95. The van der Waals surface area contributed by atoms with Gasteiger partial charge in [-0.05, 0) is 25.7 Å². The molecule has 3 unspecified atom stereocenters. The van der Waals surface area contributed by atoms with Gasteiger partial charge >= 0.3 is 0 Å². The summed E-state index contributed by atoms with van der Waals surface area (Å²) in [6, 6.07) is 0.627. The lowest BCUT2D eigenvalue weighted by molar-refractivity contribution is 0.0366. The van der Waals surface area contributed by atoms with Crippen LogP contribution in [0.15, 0.2) is 0 Å². The van der Waals surface area contributed by atoms with Gasteiger partial charge in [-0.3, -0.25) is 4.90 Å². The van der Waals surface area contributed by atoms with E-state index in [2.05, 4.69) is 39.5 Å². The Morgan fingerprint density at radius 1 is 1.38 bits per heavy atom. The summed E-state index contributed by atoms with van der Waals surface area (Å²) < 4.78 is 5.69. The summed E-state index contributed by atoms with van der Waals surface area (Å²) in [5.74, 6) is 0. The summed E-state index contributed by atoms with van der Waals surface area (Å²) in [7, 11) is 0. The van der Waals surface area contributed by atoms with Gasteiger partial charge in [0.1, 0.15) is 0 Å². The number of hydrogen-bond donors (Lipinski definition) is 1. The van der Waals surface area contributed by atoms with E-state index in [4.69, 9.17) is 10.5 Å². The van der Waals surface area contributed by atoms with Crippen molar-refractivity contribution in [1.29, 1.82) is 0 Å². The van der Waals surface area contributed by atoms with Gasteiger partial charge in [0.05, 0.1) is 6.10 Å². The third-order valence-corrected chi connectivity index (χ3v) is 3.26. The Morgan fingerprint density at radius 3 is 2.50 bits per heavy atom. The Kier molecular flexibility index (Phi) is 4.77. The molecule has 0 aromatic rings. The van der Waals surface area contributed by atoms with Crippen LogP contribution in [0.3, 0.4) is 0 Å². The van der Waals surface area contributed by atoms with E-state index in [0.717, 1.165) is 26.1 Å². The molecule has 3 atom stereocenters. The van der Waals surface area contributed by atoms with Crippen molar-refractivity contribution in [3.05, 3.63) is 0 Å². The van der Waals surface area contributed by atoms with Crippen LogP contribution < -0.4 is 5.73 Å². The van der Waals surface area contributed by atoms with Crippen LogP contribution in [-0.4, -0.2) is 42.8 Å². The van der Waals surface area contributed by atoms with E-state index in [1.807, 2.05) is 0 Å². The highest BCUT2D eigenvalue weighted by Gasteiger charge is 2.34. The SMILES string of the molecule is CC1CN(C(C(C)N)C(C)(C)C)CCCO1. The maximum absolute atomic E-state index is 6.17. The molecule has 1 heterocycles. The molecular weight excluding hydrogens is 200 g/mol. The number of ether oxygens (including phenoxy) is 1. The first kappa shape index (κ1) is 13.9. The van der Waals surface area contributed by atoms with Gasteiger partial charge in [-0.1, -0.05) is 20.8 Å². The molecule has 0 spiro atoms. The van der Waals surface area contributed by atoms with Crippen molar-refractivity contribution < 1.29 is 4.74 Å². The van der Waals surface area contributed by atoms with Crippen molar-refractivity contribution in [2.75, 3.05) is 19.7 Å². The summed E-state index contributed by atoms with van der Waals surface area (Å²) in [6.07, 6.45) is 1.44. The number of rotatable bonds is 2. The van der Waals surface area contributed by atoms with Gasteiger partial charge in [-0.25, -0.2) is 0 Å². The van der Waals surface area contributed by atoms with Crippen molar-refractivity contribution in [2.45, 2.75) is 59.2 Å². The van der Waals surface area contributed by atoms with Crippen LogP contribution in [0, 0.1) is 5.41 Å². The first-order valence-corrected chi connectivity index (χ1v) is 6.43. The second kappa shape index (κ2) is 5.48. The average Bonchev–Trinajstić information content (AvgIpc) is 2.26. The van der Waals surface area contributed by atoms with Crippen LogP contribution in [0.4, 0.5) is 0 Å². The maximum Gasteiger partial charge on any atom is 0.0674 e. The zero-order valence-corrected chi connectivity index (χ0v) is 11.5. The Bertz CT molecular complexity index is 210. The molecule has 1 aliphatic heterocycles. The van der Waals surface area contributed by atoms with Gasteiger partial charge in [0, 0.05) is 31.8 Å². The molecular formula is C13H28N2O. The first-order chi connectivity index (χ1) is 7.32. The summed E-state index contributed by atoms with van der Waals surface area (Å²) in [6.45, 7) is 14.1. The molecule has 0 aromatic heterocycles. The molecule has 1 fully saturated rings. The van der Waals surface area contributed by atoms with Crippen molar-refractivity contribution in [3.8, 4) is 0 Å². The molecule has 0 radical (unpaired) electrons. The first-order valence-electron chi connectivity index (χ1n) is 6.43. The number of nitrogens with two attached hydrogens (primary N) is 1. The van der Waals surface area contributed by atoms with Gasteiger partial charge in [0.2, 0.25) is 0 Å². The molecule has 2 N–H and O–H groups in total. The lowest BCUT2D eigenvalue weighted by Gasteiger charge is -2.42. The maximum atomic E-state index is 6.17. The fraction of sp³-hybridized carbons (Fsp3) is 1.00. The van der Waals surface area contributed by atoms with E-state index in [0.29, 0.717) is 12.1 Å². The third kappa shape index (κ3) is 3.72. The molecule has 16 heavy (non-hydrogen) atoms. The molecule has 3 heteroatoms. The van der Waals surface area contributed by atoms with E-state index < -0.39 is 0 Å². The molecule has 0 saturated carbocycles. The standard InChI is InChI=1S/C13H28N2O/c1-10-9-15(7-6-8-16-10)12(11(2)14)13(3,4)5/h10-12H,6-9,14H2,1-5H3. The third-order valence-electron chi connectivity index (χ3n) is 3.26.